The summed E-state index contributed by atoms with van der Waals surface area (Å²) in [5.74, 6) is 0. The Balaban J connectivity index is 0.00000144. The molecule has 0 atom stereocenters. The smallest absolute Gasteiger partial charge is 0.180 e. The average Bonchev–Trinajstić information content (AvgIpc) is 2.87. The van der Waals surface area contributed by atoms with Crippen LogP contribution in [-0.2, 0) is 13.1 Å². The fourth-order valence-electron chi connectivity index (χ4n) is 1.45. The number of nitrogens with zero attached hydrogens (tertiary/aromatic N) is 4. The van der Waals surface area contributed by atoms with Crippen LogP contribution in [0.1, 0.15) is 4.88 Å². The van der Waals surface area contributed by atoms with Crippen molar-refractivity contribution in [3.63, 3.8) is 0 Å². The Labute approximate surface area is 111 Å². The zero-order valence-corrected chi connectivity index (χ0v) is 11.2. The molecule has 0 aromatic carbocycles. The number of thiazole rings is 1. The molecule has 0 spiro atoms. The first-order chi connectivity index (χ1) is 7.74. The van der Waals surface area contributed by atoms with Crippen molar-refractivity contribution >= 4 is 28.9 Å². The topological polar surface area (TPSA) is 60.0 Å². The number of nitrogens with two attached hydrogens (primary N) is 1. The third kappa shape index (κ3) is 4.33. The van der Waals surface area contributed by atoms with Gasteiger partial charge in [0.05, 0.1) is 6.54 Å². The minimum atomic E-state index is 0. The lowest BCUT2D eigenvalue weighted by atomic mass is 10.4. The standard InChI is InChI=1S/C10H15N5S.ClH/c1-14(5-6-15-4-2-3-13-15)8-9-7-12-10(11)16-9;/h2-4,7H,5-6,8H2,1H3,(H2,11,12);1H. The largest absolute Gasteiger partial charge is 0.375 e. The van der Waals surface area contributed by atoms with Crippen molar-refractivity contribution in [3.05, 3.63) is 29.5 Å². The zero-order valence-electron chi connectivity index (χ0n) is 9.61. The van der Waals surface area contributed by atoms with E-state index in [0.717, 1.165) is 19.6 Å². The van der Waals surface area contributed by atoms with Gasteiger partial charge in [-0.15, -0.1) is 23.7 Å². The molecule has 2 N–H and O–H groups in total. The van der Waals surface area contributed by atoms with E-state index < -0.39 is 0 Å². The Morgan fingerprint density at radius 2 is 2.35 bits per heavy atom. The van der Waals surface area contributed by atoms with Crippen LogP contribution in [0.3, 0.4) is 0 Å². The molecule has 0 saturated carbocycles. The van der Waals surface area contributed by atoms with Crippen LogP contribution in [0.5, 0.6) is 0 Å². The predicted molar refractivity (Wildman–Crippen MR) is 72.3 cm³/mol. The van der Waals surface area contributed by atoms with Crippen LogP contribution in [0.25, 0.3) is 0 Å². The summed E-state index contributed by atoms with van der Waals surface area (Å²) in [6, 6.07) is 1.93. The molecule has 2 aromatic heterocycles. The normalized spacial score (nSPS) is 10.5. The van der Waals surface area contributed by atoms with Gasteiger partial charge in [-0.3, -0.25) is 9.58 Å². The number of rotatable bonds is 5. The molecule has 0 radical (unpaired) electrons. The lowest BCUT2D eigenvalue weighted by Crippen LogP contribution is -2.22. The Hall–Kier alpha value is -1.11. The minimum Gasteiger partial charge on any atom is -0.375 e. The Morgan fingerprint density at radius 1 is 1.53 bits per heavy atom. The second-order valence-electron chi connectivity index (χ2n) is 3.67. The zero-order chi connectivity index (χ0) is 11.4. The number of anilines is 1. The number of halogens is 1. The number of nitrogen functional groups attached to an aromatic ring is 1. The van der Waals surface area contributed by atoms with Crippen LogP contribution in [0, 0.1) is 0 Å². The third-order valence-corrected chi connectivity index (χ3v) is 3.08. The van der Waals surface area contributed by atoms with Gasteiger partial charge in [-0.2, -0.15) is 5.10 Å². The number of likely N-dealkylation sites (N-methyl/N-ethyl adjacent to an activating group) is 1. The lowest BCUT2D eigenvalue weighted by Gasteiger charge is -2.14. The van der Waals surface area contributed by atoms with Crippen molar-refractivity contribution in [2.45, 2.75) is 13.1 Å². The first-order valence-electron chi connectivity index (χ1n) is 5.10. The molecular weight excluding hydrogens is 258 g/mol. The molecule has 0 saturated heterocycles. The first kappa shape index (κ1) is 14.0. The summed E-state index contributed by atoms with van der Waals surface area (Å²) >= 11 is 1.54. The van der Waals surface area contributed by atoms with E-state index in [1.807, 2.05) is 23.1 Å². The van der Waals surface area contributed by atoms with Crippen molar-refractivity contribution in [1.82, 2.24) is 19.7 Å². The highest BCUT2D eigenvalue weighted by Gasteiger charge is 2.03. The molecule has 17 heavy (non-hydrogen) atoms. The van der Waals surface area contributed by atoms with E-state index >= 15 is 0 Å². The molecule has 2 aromatic rings. The van der Waals surface area contributed by atoms with Crippen LogP contribution in [0.4, 0.5) is 5.13 Å². The van der Waals surface area contributed by atoms with Gasteiger partial charge in [0.1, 0.15) is 0 Å². The van der Waals surface area contributed by atoms with Gasteiger partial charge in [0.25, 0.3) is 0 Å². The lowest BCUT2D eigenvalue weighted by molar-refractivity contribution is 0.307. The summed E-state index contributed by atoms with van der Waals surface area (Å²) in [7, 11) is 2.08. The molecule has 0 fully saturated rings. The number of hydrogen-bond donors (Lipinski definition) is 1. The molecule has 0 aliphatic heterocycles. The highest BCUT2D eigenvalue weighted by atomic mass is 35.5. The van der Waals surface area contributed by atoms with Crippen LogP contribution in [0.15, 0.2) is 24.7 Å². The third-order valence-electron chi connectivity index (χ3n) is 2.27. The van der Waals surface area contributed by atoms with Crippen LogP contribution >= 0.6 is 23.7 Å². The van der Waals surface area contributed by atoms with E-state index in [-0.39, 0.29) is 12.4 Å². The van der Waals surface area contributed by atoms with E-state index in [2.05, 4.69) is 22.0 Å². The fraction of sp³-hybridized carbons (Fsp3) is 0.400. The van der Waals surface area contributed by atoms with Crippen molar-refractivity contribution in [1.29, 1.82) is 0 Å². The summed E-state index contributed by atoms with van der Waals surface area (Å²) in [5.41, 5.74) is 5.58. The molecule has 2 rings (SSSR count). The first-order valence-corrected chi connectivity index (χ1v) is 5.92. The van der Waals surface area contributed by atoms with Gasteiger partial charge < -0.3 is 5.73 Å². The highest BCUT2D eigenvalue weighted by molar-refractivity contribution is 7.15. The molecule has 0 aliphatic rings. The second kappa shape index (κ2) is 6.58. The maximum Gasteiger partial charge on any atom is 0.180 e. The van der Waals surface area contributed by atoms with Crippen molar-refractivity contribution in [3.8, 4) is 0 Å². The van der Waals surface area contributed by atoms with Gasteiger partial charge >= 0.3 is 0 Å². The van der Waals surface area contributed by atoms with Gasteiger partial charge in [0, 0.05) is 36.6 Å². The van der Waals surface area contributed by atoms with E-state index in [0.29, 0.717) is 5.13 Å². The molecule has 0 amide bonds. The van der Waals surface area contributed by atoms with Crippen molar-refractivity contribution < 1.29 is 0 Å². The molecule has 0 bridgehead atoms. The SMILES string of the molecule is CN(CCn1cccn1)Cc1cnc(N)s1.Cl. The molecule has 5 nitrogen and oxygen atoms in total. The molecular formula is C10H16ClN5S. The van der Waals surface area contributed by atoms with Crippen molar-refractivity contribution in [2.75, 3.05) is 19.3 Å². The number of aromatic nitrogens is 3. The second-order valence-corrected chi connectivity index (χ2v) is 4.82. The molecule has 0 unspecified atom stereocenters. The van der Waals surface area contributed by atoms with Crippen LogP contribution < -0.4 is 5.73 Å². The summed E-state index contributed by atoms with van der Waals surface area (Å²) in [5, 5.41) is 4.79. The average molecular weight is 274 g/mol. The molecule has 7 heteroatoms. The van der Waals surface area contributed by atoms with E-state index in [1.165, 1.54) is 4.88 Å². The summed E-state index contributed by atoms with van der Waals surface area (Å²) in [6.45, 7) is 2.74. The van der Waals surface area contributed by atoms with Crippen LogP contribution in [0.2, 0.25) is 0 Å². The minimum absolute atomic E-state index is 0. The summed E-state index contributed by atoms with van der Waals surface area (Å²) in [4.78, 5) is 7.46. The fourth-order valence-corrected chi connectivity index (χ4v) is 2.21. The highest BCUT2D eigenvalue weighted by Crippen LogP contribution is 2.15. The Bertz CT molecular complexity index is 428. The van der Waals surface area contributed by atoms with Gasteiger partial charge in [-0.25, -0.2) is 4.98 Å². The monoisotopic (exact) mass is 273 g/mol. The Kier molecular flexibility index (Phi) is 5.40. The molecule has 0 aliphatic carbocycles. The Morgan fingerprint density at radius 3 is 2.94 bits per heavy atom. The maximum absolute atomic E-state index is 5.58. The number of hydrogen-bond acceptors (Lipinski definition) is 5. The van der Waals surface area contributed by atoms with E-state index in [1.54, 1.807) is 17.5 Å². The molecule has 94 valence electrons. The van der Waals surface area contributed by atoms with Crippen LogP contribution in [-0.4, -0.2) is 33.3 Å². The summed E-state index contributed by atoms with van der Waals surface area (Å²) < 4.78 is 1.93. The summed E-state index contributed by atoms with van der Waals surface area (Å²) in [6.07, 6.45) is 5.60. The quantitative estimate of drug-likeness (QED) is 0.896. The van der Waals surface area contributed by atoms with Crippen molar-refractivity contribution in [2.24, 2.45) is 0 Å². The van der Waals surface area contributed by atoms with Gasteiger partial charge in [-0.05, 0) is 13.1 Å². The maximum atomic E-state index is 5.58. The van der Waals surface area contributed by atoms with Gasteiger partial charge in [-0.1, -0.05) is 0 Å². The van der Waals surface area contributed by atoms with E-state index in [4.69, 9.17) is 5.73 Å². The van der Waals surface area contributed by atoms with Gasteiger partial charge in [0.2, 0.25) is 0 Å². The van der Waals surface area contributed by atoms with Gasteiger partial charge in [0.15, 0.2) is 5.13 Å². The van der Waals surface area contributed by atoms with E-state index in [9.17, 15) is 0 Å². The predicted octanol–water partition coefficient (Wildman–Crippen LogP) is 1.48. The molecule has 2 heterocycles.